The second-order valence-corrected chi connectivity index (χ2v) is 6.50. The summed E-state index contributed by atoms with van der Waals surface area (Å²) in [7, 11) is 0. The van der Waals surface area contributed by atoms with Gasteiger partial charge in [-0.15, -0.1) is 0 Å². The maximum atomic E-state index is 11.8. The number of halogens is 2. The van der Waals surface area contributed by atoms with Crippen LogP contribution in [0.3, 0.4) is 0 Å². The number of hydrogen-bond donors (Lipinski definition) is 1. The zero-order chi connectivity index (χ0) is 20.8. The normalized spacial score (nSPS) is 10.8. The number of nitro groups is 1. The third-order valence-corrected chi connectivity index (χ3v) is 4.19. The van der Waals surface area contributed by atoms with Gasteiger partial charge in [0.2, 0.25) is 0 Å². The molecular weight excluding hydrogens is 421 g/mol. The Bertz CT molecular complexity index is 1060. The fourth-order valence-corrected chi connectivity index (χ4v) is 2.58. The van der Waals surface area contributed by atoms with Crippen molar-refractivity contribution in [3.63, 3.8) is 0 Å². The number of hydrogen-bond acceptors (Lipinski definition) is 6. The molecule has 0 fully saturated rings. The van der Waals surface area contributed by atoms with E-state index in [1.807, 2.05) is 0 Å². The molecule has 1 aromatic heterocycles. The van der Waals surface area contributed by atoms with Gasteiger partial charge >= 0.3 is 0 Å². The summed E-state index contributed by atoms with van der Waals surface area (Å²) in [5.74, 6) is 0.776. The number of hydrazone groups is 1. The second kappa shape index (κ2) is 9.22. The molecule has 0 bridgehead atoms. The van der Waals surface area contributed by atoms with Gasteiger partial charge in [0.25, 0.3) is 11.6 Å². The Kier molecular flexibility index (Phi) is 6.48. The van der Waals surface area contributed by atoms with E-state index in [0.29, 0.717) is 27.9 Å². The highest BCUT2D eigenvalue weighted by Gasteiger charge is 2.15. The summed E-state index contributed by atoms with van der Waals surface area (Å²) in [5.41, 5.74) is 2.57. The summed E-state index contributed by atoms with van der Waals surface area (Å²) < 4.78 is 10.9. The number of furan rings is 1. The number of nitrogens with zero attached hydrogens (tertiary/aromatic N) is 2. The van der Waals surface area contributed by atoms with E-state index in [-0.39, 0.29) is 17.3 Å². The number of carbonyl (C=O) groups is 1. The van der Waals surface area contributed by atoms with Crippen LogP contribution in [0, 0.1) is 10.1 Å². The van der Waals surface area contributed by atoms with Gasteiger partial charge in [-0.05, 0) is 48.5 Å². The summed E-state index contributed by atoms with van der Waals surface area (Å²) in [6.45, 7) is -0.225. The molecule has 148 valence electrons. The highest BCUT2D eigenvalue weighted by molar-refractivity contribution is 6.32. The van der Waals surface area contributed by atoms with Gasteiger partial charge in [0.1, 0.15) is 22.3 Å². The van der Waals surface area contributed by atoms with Crippen LogP contribution in [-0.2, 0) is 4.79 Å². The zero-order valence-corrected chi connectivity index (χ0v) is 16.2. The predicted octanol–water partition coefficient (Wildman–Crippen LogP) is 4.69. The van der Waals surface area contributed by atoms with Gasteiger partial charge in [-0.25, -0.2) is 5.43 Å². The van der Waals surface area contributed by atoms with Crippen LogP contribution in [0.5, 0.6) is 5.75 Å². The van der Waals surface area contributed by atoms with Gasteiger partial charge in [0, 0.05) is 16.7 Å². The van der Waals surface area contributed by atoms with Crippen LogP contribution in [0.4, 0.5) is 5.69 Å². The standard InChI is InChI=1S/C19H13Cl2N3O5/c20-13-2-4-14(5-3-13)28-11-19(25)23-22-10-15-6-8-18(29-15)12-1-7-16(21)17(9-12)24(26)27/h1-10H,11H2,(H,23,25)/b22-10-. The minimum Gasteiger partial charge on any atom is -0.484 e. The quantitative estimate of drug-likeness (QED) is 0.330. The molecule has 1 amide bonds. The van der Waals surface area contributed by atoms with Crippen molar-refractivity contribution in [1.29, 1.82) is 0 Å². The van der Waals surface area contributed by atoms with Crippen LogP contribution >= 0.6 is 23.2 Å². The molecule has 2 aromatic carbocycles. The third-order valence-electron chi connectivity index (χ3n) is 3.62. The summed E-state index contributed by atoms with van der Waals surface area (Å²) in [6, 6.07) is 14.2. The molecule has 1 N–H and O–H groups in total. The van der Waals surface area contributed by atoms with Crippen molar-refractivity contribution < 1.29 is 18.9 Å². The lowest BCUT2D eigenvalue weighted by molar-refractivity contribution is -0.384. The van der Waals surface area contributed by atoms with Crippen LogP contribution in [0.1, 0.15) is 5.76 Å². The molecule has 0 unspecified atom stereocenters. The van der Waals surface area contributed by atoms with Crippen molar-refractivity contribution >= 4 is 41.0 Å². The zero-order valence-electron chi connectivity index (χ0n) is 14.7. The van der Waals surface area contributed by atoms with E-state index in [9.17, 15) is 14.9 Å². The maximum Gasteiger partial charge on any atom is 0.288 e. The molecule has 3 rings (SSSR count). The molecule has 0 aliphatic heterocycles. The lowest BCUT2D eigenvalue weighted by Crippen LogP contribution is -2.24. The fourth-order valence-electron chi connectivity index (χ4n) is 2.26. The largest absolute Gasteiger partial charge is 0.484 e. The number of benzene rings is 2. The first-order valence-electron chi connectivity index (χ1n) is 8.17. The van der Waals surface area contributed by atoms with E-state index >= 15 is 0 Å². The Hall–Kier alpha value is -3.36. The topological polar surface area (TPSA) is 107 Å². The Labute approximate surface area is 174 Å². The minimum atomic E-state index is -0.571. The lowest BCUT2D eigenvalue weighted by Gasteiger charge is -2.04. The van der Waals surface area contributed by atoms with Gasteiger partial charge < -0.3 is 9.15 Å². The monoisotopic (exact) mass is 433 g/mol. The first kappa shape index (κ1) is 20.4. The van der Waals surface area contributed by atoms with Crippen LogP contribution in [0.25, 0.3) is 11.3 Å². The van der Waals surface area contributed by atoms with Crippen molar-refractivity contribution in [1.82, 2.24) is 5.43 Å². The molecule has 10 heteroatoms. The van der Waals surface area contributed by atoms with Crippen molar-refractivity contribution in [2.75, 3.05) is 6.61 Å². The van der Waals surface area contributed by atoms with E-state index in [2.05, 4.69) is 10.5 Å². The highest BCUT2D eigenvalue weighted by Crippen LogP contribution is 2.31. The molecule has 0 spiro atoms. The Morgan fingerprint density at radius 3 is 2.66 bits per heavy atom. The van der Waals surface area contributed by atoms with E-state index in [0.717, 1.165) is 0 Å². The Balaban J connectivity index is 1.56. The SMILES string of the molecule is O=C(COc1ccc(Cl)cc1)N/N=C\c1ccc(-c2ccc(Cl)c([N+](=O)[O-])c2)o1. The smallest absolute Gasteiger partial charge is 0.288 e. The summed E-state index contributed by atoms with van der Waals surface area (Å²) in [6.07, 6.45) is 1.30. The molecule has 3 aromatic rings. The molecule has 0 saturated heterocycles. The molecule has 0 saturated carbocycles. The number of amides is 1. The summed E-state index contributed by atoms with van der Waals surface area (Å²) in [5, 5.41) is 15.4. The maximum absolute atomic E-state index is 11.8. The number of carbonyl (C=O) groups excluding carboxylic acids is 1. The average molecular weight is 434 g/mol. The third kappa shape index (κ3) is 5.56. The van der Waals surface area contributed by atoms with E-state index in [1.165, 1.54) is 18.3 Å². The van der Waals surface area contributed by atoms with Gasteiger partial charge in [-0.2, -0.15) is 5.10 Å². The van der Waals surface area contributed by atoms with Crippen molar-refractivity contribution in [3.8, 4) is 17.1 Å². The predicted molar refractivity (Wildman–Crippen MR) is 108 cm³/mol. The fraction of sp³-hybridized carbons (Fsp3) is 0.0526. The Morgan fingerprint density at radius 1 is 1.17 bits per heavy atom. The number of rotatable bonds is 7. The second-order valence-electron chi connectivity index (χ2n) is 5.66. The first-order chi connectivity index (χ1) is 13.9. The van der Waals surface area contributed by atoms with E-state index in [4.69, 9.17) is 32.4 Å². The van der Waals surface area contributed by atoms with Crippen LogP contribution in [0.15, 0.2) is 64.1 Å². The molecule has 0 aliphatic rings. The minimum absolute atomic E-state index is 0.0376. The number of ether oxygens (including phenoxy) is 1. The van der Waals surface area contributed by atoms with Crippen molar-refractivity contribution in [2.24, 2.45) is 5.10 Å². The van der Waals surface area contributed by atoms with Gasteiger partial charge in [-0.3, -0.25) is 14.9 Å². The van der Waals surface area contributed by atoms with Gasteiger partial charge in [0.05, 0.1) is 11.1 Å². The van der Waals surface area contributed by atoms with Crippen LogP contribution in [-0.4, -0.2) is 23.7 Å². The van der Waals surface area contributed by atoms with Crippen LogP contribution in [0.2, 0.25) is 10.0 Å². The molecule has 0 radical (unpaired) electrons. The number of nitrogens with one attached hydrogen (secondary N) is 1. The summed E-state index contributed by atoms with van der Waals surface area (Å²) in [4.78, 5) is 22.2. The molecule has 8 nitrogen and oxygen atoms in total. The molecule has 1 heterocycles. The molecule has 0 atom stereocenters. The van der Waals surface area contributed by atoms with Crippen molar-refractivity contribution in [2.45, 2.75) is 0 Å². The van der Waals surface area contributed by atoms with E-state index in [1.54, 1.807) is 42.5 Å². The lowest BCUT2D eigenvalue weighted by atomic mass is 10.1. The molecule has 29 heavy (non-hydrogen) atoms. The highest BCUT2D eigenvalue weighted by atomic mass is 35.5. The van der Waals surface area contributed by atoms with Crippen molar-refractivity contribution in [3.05, 3.63) is 80.5 Å². The van der Waals surface area contributed by atoms with E-state index < -0.39 is 10.8 Å². The molecular formula is C19H13Cl2N3O5. The van der Waals surface area contributed by atoms with Crippen LogP contribution < -0.4 is 10.2 Å². The van der Waals surface area contributed by atoms with Gasteiger partial charge in [-0.1, -0.05) is 23.2 Å². The number of nitro benzene ring substituents is 1. The molecule has 0 aliphatic carbocycles. The Morgan fingerprint density at radius 2 is 1.93 bits per heavy atom. The van der Waals surface area contributed by atoms with Gasteiger partial charge in [0.15, 0.2) is 6.61 Å². The summed E-state index contributed by atoms with van der Waals surface area (Å²) >= 11 is 11.6. The first-order valence-corrected chi connectivity index (χ1v) is 8.92. The average Bonchev–Trinajstić information content (AvgIpc) is 3.16.